The summed E-state index contributed by atoms with van der Waals surface area (Å²) in [6, 6.07) is 2.51. The van der Waals surface area contributed by atoms with E-state index in [1.165, 1.54) is 6.42 Å². The molecule has 128 valence electrons. The molecule has 0 spiro atoms. The van der Waals surface area contributed by atoms with Crippen LogP contribution in [0.25, 0.3) is 0 Å². The van der Waals surface area contributed by atoms with Gasteiger partial charge >= 0.3 is 5.97 Å². The molecule has 4 bridgehead atoms. The number of ether oxygens (including phenoxy) is 1. The van der Waals surface area contributed by atoms with Crippen LogP contribution in [0.2, 0.25) is 0 Å². The van der Waals surface area contributed by atoms with E-state index in [0.29, 0.717) is 11.8 Å². The van der Waals surface area contributed by atoms with Crippen LogP contribution in [0.15, 0.2) is 0 Å². The zero-order chi connectivity index (χ0) is 17.0. The SMILES string of the molecule is CCC(C)(C)C(=O)OC1(C(C)(C)C#N)C2CC3CC(C2)CC1C3. The van der Waals surface area contributed by atoms with Crippen molar-refractivity contribution in [2.45, 2.75) is 78.7 Å². The predicted molar refractivity (Wildman–Crippen MR) is 89.3 cm³/mol. The van der Waals surface area contributed by atoms with E-state index < -0.39 is 16.4 Å². The fraction of sp³-hybridized carbons (Fsp3) is 0.900. The van der Waals surface area contributed by atoms with Crippen molar-refractivity contribution < 1.29 is 9.53 Å². The number of nitriles is 1. The van der Waals surface area contributed by atoms with Crippen molar-refractivity contribution >= 4 is 5.97 Å². The first kappa shape index (κ1) is 16.8. The lowest BCUT2D eigenvalue weighted by molar-refractivity contribution is -0.243. The van der Waals surface area contributed by atoms with Gasteiger partial charge in [-0.05, 0) is 78.1 Å². The summed E-state index contributed by atoms with van der Waals surface area (Å²) in [5, 5.41) is 9.88. The van der Waals surface area contributed by atoms with Crippen LogP contribution in [0.4, 0.5) is 0 Å². The van der Waals surface area contributed by atoms with Crippen molar-refractivity contribution in [3.8, 4) is 6.07 Å². The maximum Gasteiger partial charge on any atom is 0.312 e. The van der Waals surface area contributed by atoms with Crippen molar-refractivity contribution in [1.82, 2.24) is 0 Å². The molecule has 4 aliphatic rings. The normalized spacial score (nSPS) is 39.1. The van der Waals surface area contributed by atoms with Gasteiger partial charge in [-0.2, -0.15) is 5.26 Å². The Labute approximate surface area is 140 Å². The lowest BCUT2D eigenvalue weighted by atomic mass is 9.44. The third kappa shape index (κ3) is 2.32. The second-order valence-corrected chi connectivity index (χ2v) is 9.46. The van der Waals surface area contributed by atoms with Gasteiger partial charge in [-0.3, -0.25) is 4.79 Å². The Morgan fingerprint density at radius 1 is 1.09 bits per heavy atom. The molecule has 0 aliphatic heterocycles. The van der Waals surface area contributed by atoms with Crippen molar-refractivity contribution in [2.24, 2.45) is 34.5 Å². The summed E-state index contributed by atoms with van der Waals surface area (Å²) in [6.45, 7) is 9.92. The number of nitrogens with zero attached hydrogens (tertiary/aromatic N) is 1. The van der Waals surface area contributed by atoms with Gasteiger partial charge in [0.2, 0.25) is 0 Å². The molecule has 23 heavy (non-hydrogen) atoms. The largest absolute Gasteiger partial charge is 0.456 e. The fourth-order valence-corrected chi connectivity index (χ4v) is 5.72. The highest BCUT2D eigenvalue weighted by Crippen LogP contribution is 2.64. The second kappa shape index (κ2) is 5.23. The van der Waals surface area contributed by atoms with Crippen LogP contribution in [0.3, 0.4) is 0 Å². The summed E-state index contributed by atoms with van der Waals surface area (Å²) < 4.78 is 6.36. The van der Waals surface area contributed by atoms with Gasteiger partial charge in [-0.25, -0.2) is 0 Å². The number of rotatable bonds is 4. The summed E-state index contributed by atoms with van der Waals surface area (Å²) in [7, 11) is 0. The first-order chi connectivity index (χ1) is 10.7. The van der Waals surface area contributed by atoms with Gasteiger partial charge in [0.1, 0.15) is 5.60 Å². The van der Waals surface area contributed by atoms with Crippen LogP contribution >= 0.6 is 0 Å². The highest BCUT2D eigenvalue weighted by atomic mass is 16.6. The van der Waals surface area contributed by atoms with Crippen LogP contribution in [-0.2, 0) is 9.53 Å². The maximum absolute atomic E-state index is 12.9. The Hall–Kier alpha value is -1.04. The van der Waals surface area contributed by atoms with Crippen LogP contribution in [0.1, 0.15) is 73.1 Å². The first-order valence-corrected chi connectivity index (χ1v) is 9.31. The number of esters is 1. The number of hydrogen-bond acceptors (Lipinski definition) is 3. The molecule has 4 rings (SSSR count). The molecular weight excluding hydrogens is 286 g/mol. The van der Waals surface area contributed by atoms with E-state index in [-0.39, 0.29) is 5.97 Å². The van der Waals surface area contributed by atoms with Crippen molar-refractivity contribution in [2.75, 3.05) is 0 Å². The molecule has 0 atom stereocenters. The third-order valence-corrected chi connectivity index (χ3v) is 7.31. The van der Waals surface area contributed by atoms with Gasteiger partial charge < -0.3 is 4.74 Å². The second-order valence-electron chi connectivity index (χ2n) is 9.46. The van der Waals surface area contributed by atoms with Gasteiger partial charge in [0.05, 0.1) is 16.9 Å². The van der Waals surface area contributed by atoms with Crippen molar-refractivity contribution in [3.05, 3.63) is 0 Å². The molecule has 0 saturated heterocycles. The van der Waals surface area contributed by atoms with E-state index in [1.54, 1.807) is 0 Å². The summed E-state index contributed by atoms with van der Waals surface area (Å²) >= 11 is 0. The standard InChI is InChI=1S/C20H31NO2/c1-6-18(2,3)17(22)23-20(19(4,5)12-21)15-8-13-7-14(10-15)11-16(20)9-13/h13-16H,6-11H2,1-5H3. The summed E-state index contributed by atoms with van der Waals surface area (Å²) in [5.74, 6) is 2.20. The Bertz CT molecular complexity index is 512. The maximum atomic E-state index is 12.9. The highest BCUT2D eigenvalue weighted by Gasteiger charge is 2.66. The summed E-state index contributed by atoms with van der Waals surface area (Å²) in [5.41, 5.74) is -1.69. The predicted octanol–water partition coefficient (Wildman–Crippen LogP) is 4.71. The molecule has 0 N–H and O–H groups in total. The quantitative estimate of drug-likeness (QED) is 0.705. The van der Waals surface area contributed by atoms with E-state index in [4.69, 9.17) is 4.74 Å². The Morgan fingerprint density at radius 3 is 1.96 bits per heavy atom. The monoisotopic (exact) mass is 317 g/mol. The minimum Gasteiger partial charge on any atom is -0.456 e. The zero-order valence-electron chi connectivity index (χ0n) is 15.3. The number of carbonyl (C=O) groups is 1. The van der Waals surface area contributed by atoms with Crippen LogP contribution in [-0.4, -0.2) is 11.6 Å². The Kier molecular flexibility index (Phi) is 3.82. The van der Waals surface area contributed by atoms with E-state index in [1.807, 2.05) is 34.6 Å². The molecule has 4 aliphatic carbocycles. The van der Waals surface area contributed by atoms with E-state index >= 15 is 0 Å². The first-order valence-electron chi connectivity index (χ1n) is 9.31. The lowest BCUT2D eigenvalue weighted by Crippen LogP contribution is -2.66. The van der Waals surface area contributed by atoms with E-state index in [9.17, 15) is 10.1 Å². The molecule has 4 saturated carbocycles. The fourth-order valence-electron chi connectivity index (χ4n) is 5.72. The molecular formula is C20H31NO2. The van der Waals surface area contributed by atoms with Crippen LogP contribution < -0.4 is 0 Å². The van der Waals surface area contributed by atoms with Gasteiger partial charge in [-0.1, -0.05) is 6.92 Å². The molecule has 3 nitrogen and oxygen atoms in total. The molecule has 0 unspecified atom stereocenters. The smallest absolute Gasteiger partial charge is 0.312 e. The van der Waals surface area contributed by atoms with E-state index in [2.05, 4.69) is 6.07 Å². The minimum absolute atomic E-state index is 0.115. The molecule has 3 heteroatoms. The molecule has 0 heterocycles. The van der Waals surface area contributed by atoms with Crippen molar-refractivity contribution in [3.63, 3.8) is 0 Å². The number of hydrogen-bond donors (Lipinski definition) is 0. The average Bonchev–Trinajstić information content (AvgIpc) is 2.49. The van der Waals surface area contributed by atoms with Gasteiger partial charge in [0.25, 0.3) is 0 Å². The van der Waals surface area contributed by atoms with Gasteiger partial charge in [-0.15, -0.1) is 0 Å². The third-order valence-electron chi connectivity index (χ3n) is 7.31. The molecule has 4 fully saturated rings. The molecule has 0 amide bonds. The summed E-state index contributed by atoms with van der Waals surface area (Å²) in [6.07, 6.45) is 6.66. The van der Waals surface area contributed by atoms with Crippen LogP contribution in [0.5, 0.6) is 0 Å². The van der Waals surface area contributed by atoms with E-state index in [0.717, 1.165) is 43.9 Å². The molecule has 0 aromatic rings. The van der Waals surface area contributed by atoms with Gasteiger partial charge in [0, 0.05) is 11.8 Å². The molecule has 0 aromatic heterocycles. The molecule has 0 aromatic carbocycles. The van der Waals surface area contributed by atoms with Gasteiger partial charge in [0.15, 0.2) is 0 Å². The zero-order valence-corrected chi connectivity index (χ0v) is 15.3. The number of carbonyl (C=O) groups excluding carboxylic acids is 1. The lowest BCUT2D eigenvalue weighted by Gasteiger charge is -2.63. The minimum atomic E-state index is -0.630. The highest BCUT2D eigenvalue weighted by molar-refractivity contribution is 5.76. The topological polar surface area (TPSA) is 50.1 Å². The average molecular weight is 317 g/mol. The molecule has 0 radical (unpaired) electrons. The van der Waals surface area contributed by atoms with Crippen molar-refractivity contribution in [1.29, 1.82) is 5.26 Å². The Morgan fingerprint density at radius 2 is 1.57 bits per heavy atom. The Balaban J connectivity index is 2.00. The summed E-state index contributed by atoms with van der Waals surface area (Å²) in [4.78, 5) is 12.9. The van der Waals surface area contributed by atoms with Crippen LogP contribution in [0, 0.1) is 45.8 Å².